The van der Waals surface area contributed by atoms with Gasteiger partial charge in [-0.05, 0) is 24.8 Å². The summed E-state index contributed by atoms with van der Waals surface area (Å²) < 4.78 is 11.2. The lowest BCUT2D eigenvalue weighted by Crippen LogP contribution is -2.43. The maximum Gasteiger partial charge on any atom is 0.111 e. The van der Waals surface area contributed by atoms with Crippen LogP contribution < -0.4 is 5.73 Å². The van der Waals surface area contributed by atoms with Crippen molar-refractivity contribution in [3.63, 3.8) is 0 Å². The summed E-state index contributed by atoms with van der Waals surface area (Å²) >= 11 is 0. The summed E-state index contributed by atoms with van der Waals surface area (Å²) in [5, 5.41) is 0. The van der Waals surface area contributed by atoms with Gasteiger partial charge >= 0.3 is 0 Å². The molecule has 1 aliphatic heterocycles. The van der Waals surface area contributed by atoms with Gasteiger partial charge in [-0.1, -0.05) is 19.3 Å². The third-order valence-electron chi connectivity index (χ3n) is 3.80. The average molecular weight is 225 g/mol. The van der Waals surface area contributed by atoms with Crippen molar-refractivity contribution >= 4 is 0 Å². The molecule has 1 fully saturated rings. The highest BCUT2D eigenvalue weighted by atomic mass is 16.5. The molecule has 0 radical (unpaired) electrons. The number of ether oxygens (including phenoxy) is 2. The molecule has 0 saturated heterocycles. The molecule has 1 aliphatic carbocycles. The molecule has 2 rings (SSSR count). The maximum atomic E-state index is 6.25. The Morgan fingerprint density at radius 3 is 2.69 bits per heavy atom. The van der Waals surface area contributed by atoms with Crippen molar-refractivity contribution in [2.75, 3.05) is 13.7 Å². The minimum atomic E-state index is -0.0735. The molecule has 92 valence electrons. The molecule has 2 unspecified atom stereocenters. The number of rotatable bonds is 4. The van der Waals surface area contributed by atoms with Crippen molar-refractivity contribution in [3.05, 3.63) is 11.8 Å². The molecule has 0 amide bonds. The lowest BCUT2D eigenvalue weighted by molar-refractivity contribution is 0.0135. The predicted molar refractivity (Wildman–Crippen MR) is 64.0 cm³/mol. The van der Waals surface area contributed by atoms with Gasteiger partial charge in [0.25, 0.3) is 0 Å². The fourth-order valence-electron chi connectivity index (χ4n) is 2.93. The summed E-state index contributed by atoms with van der Waals surface area (Å²) in [6.45, 7) is 0.782. The quantitative estimate of drug-likeness (QED) is 0.798. The van der Waals surface area contributed by atoms with Crippen LogP contribution in [-0.2, 0) is 9.47 Å². The lowest BCUT2D eigenvalue weighted by atomic mass is 9.82. The molecule has 1 saturated carbocycles. The van der Waals surface area contributed by atoms with Gasteiger partial charge in [-0.2, -0.15) is 0 Å². The maximum absolute atomic E-state index is 6.25. The number of hydrogen-bond donors (Lipinski definition) is 1. The molecule has 0 aromatic heterocycles. The third kappa shape index (κ3) is 2.58. The average Bonchev–Trinajstić information content (AvgIpc) is 2.85. The van der Waals surface area contributed by atoms with E-state index in [2.05, 4.69) is 6.08 Å². The summed E-state index contributed by atoms with van der Waals surface area (Å²) in [4.78, 5) is 0. The Bertz CT molecular complexity index is 246. The minimum Gasteiger partial charge on any atom is -0.496 e. The fourth-order valence-corrected chi connectivity index (χ4v) is 2.93. The Labute approximate surface area is 98.0 Å². The van der Waals surface area contributed by atoms with E-state index >= 15 is 0 Å². The van der Waals surface area contributed by atoms with Crippen molar-refractivity contribution in [2.24, 2.45) is 11.7 Å². The highest BCUT2D eigenvalue weighted by Crippen LogP contribution is 2.31. The number of nitrogens with two attached hydrogens (primary N) is 1. The number of hydrogen-bond acceptors (Lipinski definition) is 3. The van der Waals surface area contributed by atoms with Crippen LogP contribution in [0.2, 0.25) is 0 Å². The van der Waals surface area contributed by atoms with E-state index in [-0.39, 0.29) is 12.1 Å². The largest absolute Gasteiger partial charge is 0.496 e. The molecule has 0 aromatic rings. The molecule has 2 atom stereocenters. The van der Waals surface area contributed by atoms with Gasteiger partial charge < -0.3 is 15.2 Å². The zero-order valence-corrected chi connectivity index (χ0v) is 10.2. The minimum absolute atomic E-state index is 0.0735. The Hall–Kier alpha value is -0.540. The molecule has 1 heterocycles. The Morgan fingerprint density at radius 1 is 1.38 bits per heavy atom. The van der Waals surface area contributed by atoms with Crippen molar-refractivity contribution in [1.29, 1.82) is 0 Å². The van der Waals surface area contributed by atoms with E-state index < -0.39 is 0 Å². The van der Waals surface area contributed by atoms with Crippen LogP contribution in [0.15, 0.2) is 11.8 Å². The number of methoxy groups -OCH3 is 1. The zero-order valence-electron chi connectivity index (χ0n) is 10.2. The van der Waals surface area contributed by atoms with E-state index in [4.69, 9.17) is 15.2 Å². The standard InChI is InChI=1S/C13H23NO2/c1-15-13(10-6-3-2-4-7-10)12(14)11-8-5-9-16-11/h8,10,12-13H,2-7,9,14H2,1H3. The fraction of sp³-hybridized carbons (Fsp3) is 0.846. The van der Waals surface area contributed by atoms with Gasteiger partial charge in [0.15, 0.2) is 0 Å². The first-order valence-electron chi connectivity index (χ1n) is 6.44. The van der Waals surface area contributed by atoms with Crippen LogP contribution in [0.4, 0.5) is 0 Å². The van der Waals surface area contributed by atoms with Crippen LogP contribution in [0.1, 0.15) is 38.5 Å². The van der Waals surface area contributed by atoms with Gasteiger partial charge in [0.2, 0.25) is 0 Å². The van der Waals surface area contributed by atoms with Crippen LogP contribution in [0.3, 0.4) is 0 Å². The summed E-state index contributed by atoms with van der Waals surface area (Å²) in [6.07, 6.45) is 9.72. The van der Waals surface area contributed by atoms with Gasteiger partial charge in [-0.15, -0.1) is 0 Å². The molecular formula is C13H23NO2. The second kappa shape index (κ2) is 5.69. The van der Waals surface area contributed by atoms with E-state index in [9.17, 15) is 0 Å². The van der Waals surface area contributed by atoms with E-state index in [1.165, 1.54) is 32.1 Å². The Balaban J connectivity index is 1.96. The SMILES string of the molecule is COC(C1CCCCC1)C(N)C1=CCCO1. The molecule has 0 bridgehead atoms. The normalized spacial score (nSPS) is 26.0. The molecule has 0 spiro atoms. The Kier molecular flexibility index (Phi) is 4.24. The van der Waals surface area contributed by atoms with E-state index in [0.717, 1.165) is 18.8 Å². The van der Waals surface area contributed by atoms with E-state index in [0.29, 0.717) is 5.92 Å². The summed E-state index contributed by atoms with van der Waals surface area (Å²) in [7, 11) is 1.77. The zero-order chi connectivity index (χ0) is 11.4. The first-order chi connectivity index (χ1) is 7.83. The first kappa shape index (κ1) is 11.9. The van der Waals surface area contributed by atoms with Crippen molar-refractivity contribution < 1.29 is 9.47 Å². The lowest BCUT2D eigenvalue weighted by Gasteiger charge is -2.33. The second-order valence-corrected chi connectivity index (χ2v) is 4.87. The van der Waals surface area contributed by atoms with Gasteiger partial charge in [0, 0.05) is 13.5 Å². The topological polar surface area (TPSA) is 44.5 Å². The first-order valence-corrected chi connectivity index (χ1v) is 6.44. The van der Waals surface area contributed by atoms with Crippen LogP contribution >= 0.6 is 0 Å². The van der Waals surface area contributed by atoms with Gasteiger partial charge in [0.05, 0.1) is 18.8 Å². The van der Waals surface area contributed by atoms with Crippen LogP contribution in [0.5, 0.6) is 0 Å². The van der Waals surface area contributed by atoms with Crippen LogP contribution in [-0.4, -0.2) is 25.9 Å². The summed E-state index contributed by atoms with van der Waals surface area (Å²) in [5.41, 5.74) is 6.25. The predicted octanol–water partition coefficient (Wildman–Crippen LogP) is 2.21. The monoisotopic (exact) mass is 225 g/mol. The van der Waals surface area contributed by atoms with Crippen molar-refractivity contribution in [3.8, 4) is 0 Å². The molecule has 0 aromatic carbocycles. The van der Waals surface area contributed by atoms with Gasteiger partial charge in [-0.3, -0.25) is 0 Å². The molecule has 2 aliphatic rings. The highest BCUT2D eigenvalue weighted by molar-refractivity contribution is 5.09. The second-order valence-electron chi connectivity index (χ2n) is 4.87. The Morgan fingerprint density at radius 2 is 2.12 bits per heavy atom. The molecule has 16 heavy (non-hydrogen) atoms. The van der Waals surface area contributed by atoms with E-state index in [1.54, 1.807) is 7.11 Å². The van der Waals surface area contributed by atoms with Crippen molar-refractivity contribution in [2.45, 2.75) is 50.7 Å². The summed E-state index contributed by atoms with van der Waals surface area (Å²) in [6, 6.07) is -0.0735. The third-order valence-corrected chi connectivity index (χ3v) is 3.80. The van der Waals surface area contributed by atoms with Crippen molar-refractivity contribution in [1.82, 2.24) is 0 Å². The molecule has 3 nitrogen and oxygen atoms in total. The molecular weight excluding hydrogens is 202 g/mol. The van der Waals surface area contributed by atoms with Crippen LogP contribution in [0, 0.1) is 5.92 Å². The van der Waals surface area contributed by atoms with Gasteiger partial charge in [0.1, 0.15) is 5.76 Å². The van der Waals surface area contributed by atoms with E-state index in [1.807, 2.05) is 0 Å². The molecule has 3 heteroatoms. The van der Waals surface area contributed by atoms with Gasteiger partial charge in [-0.25, -0.2) is 0 Å². The van der Waals surface area contributed by atoms with Crippen LogP contribution in [0.25, 0.3) is 0 Å². The summed E-state index contributed by atoms with van der Waals surface area (Å²) in [5.74, 6) is 1.55. The highest BCUT2D eigenvalue weighted by Gasteiger charge is 2.32. The molecule has 2 N–H and O–H groups in total. The smallest absolute Gasteiger partial charge is 0.111 e.